The molecule has 0 aromatic heterocycles. The molecule has 0 saturated carbocycles. The summed E-state index contributed by atoms with van der Waals surface area (Å²) in [5.74, 6) is -1.36. The van der Waals surface area contributed by atoms with Gasteiger partial charge in [0.15, 0.2) is 0 Å². The number of carboxylic acid groups (broad SMARTS) is 1. The van der Waals surface area contributed by atoms with Crippen molar-refractivity contribution in [3.8, 4) is 0 Å². The van der Waals surface area contributed by atoms with Crippen molar-refractivity contribution in [2.75, 3.05) is 18.5 Å². The lowest BCUT2D eigenvalue weighted by Gasteiger charge is -2.28. The van der Waals surface area contributed by atoms with E-state index in [-0.39, 0.29) is 24.6 Å². The second-order valence-corrected chi connectivity index (χ2v) is 6.79. The SMILES string of the molecule is CN1c2ccc([N+](=O)[O-])cc2CN(CCc2ccccc2)C(=O)C1CC(=O)O. The van der Waals surface area contributed by atoms with Crippen LogP contribution in [0.4, 0.5) is 11.4 Å². The molecule has 0 aliphatic carbocycles. The number of carbonyl (C=O) groups excluding carboxylic acids is 1. The van der Waals surface area contributed by atoms with Crippen molar-refractivity contribution in [2.24, 2.45) is 0 Å². The van der Waals surface area contributed by atoms with Gasteiger partial charge in [-0.1, -0.05) is 30.3 Å². The fourth-order valence-electron chi connectivity index (χ4n) is 3.47. The molecule has 2 aromatic carbocycles. The van der Waals surface area contributed by atoms with Crippen molar-refractivity contribution in [2.45, 2.75) is 25.4 Å². The van der Waals surface area contributed by atoms with Crippen molar-refractivity contribution in [1.82, 2.24) is 4.90 Å². The average molecular weight is 383 g/mol. The number of non-ortho nitro benzene ring substituents is 1. The molecule has 0 spiro atoms. The van der Waals surface area contributed by atoms with Gasteiger partial charge >= 0.3 is 5.97 Å². The van der Waals surface area contributed by atoms with E-state index < -0.39 is 16.9 Å². The summed E-state index contributed by atoms with van der Waals surface area (Å²) in [7, 11) is 1.65. The fraction of sp³-hybridized carbons (Fsp3) is 0.300. The first-order valence-electron chi connectivity index (χ1n) is 8.91. The highest BCUT2D eigenvalue weighted by Gasteiger charge is 2.35. The Morgan fingerprint density at radius 2 is 1.96 bits per heavy atom. The Hall–Kier alpha value is -3.42. The second kappa shape index (κ2) is 8.08. The number of hydrogen-bond acceptors (Lipinski definition) is 5. The first-order chi connectivity index (χ1) is 13.4. The number of nitro benzene ring substituents is 1. The molecular weight excluding hydrogens is 362 g/mol. The minimum Gasteiger partial charge on any atom is -0.481 e. The summed E-state index contributed by atoms with van der Waals surface area (Å²) in [5, 5.41) is 20.4. The number of fused-ring (bicyclic) bond motifs is 1. The van der Waals surface area contributed by atoms with E-state index in [9.17, 15) is 24.8 Å². The molecule has 1 heterocycles. The number of aliphatic carboxylic acids is 1. The molecule has 1 N–H and O–H groups in total. The number of rotatable bonds is 6. The Kier molecular flexibility index (Phi) is 5.58. The zero-order valence-electron chi connectivity index (χ0n) is 15.4. The molecule has 2 aromatic rings. The van der Waals surface area contributed by atoms with Crippen molar-refractivity contribution in [3.63, 3.8) is 0 Å². The Balaban J connectivity index is 1.94. The lowest BCUT2D eigenvalue weighted by Crippen LogP contribution is -2.46. The Labute approximate surface area is 162 Å². The van der Waals surface area contributed by atoms with E-state index in [0.717, 1.165) is 5.56 Å². The molecule has 1 atom stereocenters. The summed E-state index contributed by atoms with van der Waals surface area (Å²) < 4.78 is 0. The Morgan fingerprint density at radius 1 is 1.25 bits per heavy atom. The van der Waals surface area contributed by atoms with Crippen LogP contribution >= 0.6 is 0 Å². The zero-order chi connectivity index (χ0) is 20.3. The predicted octanol–water partition coefficient (Wildman–Crippen LogP) is 2.46. The molecule has 146 valence electrons. The molecule has 1 aliphatic rings. The first-order valence-corrected chi connectivity index (χ1v) is 8.91. The van der Waals surface area contributed by atoms with Gasteiger partial charge in [-0.25, -0.2) is 0 Å². The van der Waals surface area contributed by atoms with Gasteiger partial charge in [-0.3, -0.25) is 19.7 Å². The maximum Gasteiger partial charge on any atom is 0.305 e. The largest absolute Gasteiger partial charge is 0.481 e. The number of anilines is 1. The number of amides is 1. The molecule has 0 fully saturated rings. The van der Waals surface area contributed by atoms with Gasteiger partial charge in [-0.2, -0.15) is 0 Å². The van der Waals surface area contributed by atoms with E-state index in [1.165, 1.54) is 12.1 Å². The van der Waals surface area contributed by atoms with Gasteiger partial charge in [0.05, 0.1) is 11.3 Å². The van der Waals surface area contributed by atoms with Crippen molar-refractivity contribution in [1.29, 1.82) is 0 Å². The quantitative estimate of drug-likeness (QED) is 0.607. The van der Waals surface area contributed by atoms with Crippen molar-refractivity contribution in [3.05, 3.63) is 69.8 Å². The molecule has 0 radical (unpaired) electrons. The number of carboxylic acids is 1. The summed E-state index contributed by atoms with van der Waals surface area (Å²) in [5.41, 5.74) is 2.26. The number of nitrogens with zero attached hydrogens (tertiary/aromatic N) is 3. The summed E-state index contributed by atoms with van der Waals surface area (Å²) in [6.45, 7) is 0.595. The lowest BCUT2D eigenvalue weighted by atomic mass is 10.1. The van der Waals surface area contributed by atoms with Crippen LogP contribution in [0.1, 0.15) is 17.5 Å². The minimum atomic E-state index is -1.07. The molecule has 3 rings (SSSR count). The van der Waals surface area contributed by atoms with E-state index in [0.29, 0.717) is 24.2 Å². The third kappa shape index (κ3) is 4.11. The highest BCUT2D eigenvalue weighted by molar-refractivity contribution is 5.90. The third-order valence-electron chi connectivity index (χ3n) is 4.96. The Morgan fingerprint density at radius 3 is 2.61 bits per heavy atom. The maximum absolute atomic E-state index is 13.1. The van der Waals surface area contributed by atoms with Crippen LogP contribution in [0.3, 0.4) is 0 Å². The molecule has 1 unspecified atom stereocenters. The van der Waals surface area contributed by atoms with Crippen LogP contribution in [0.25, 0.3) is 0 Å². The van der Waals surface area contributed by atoms with E-state index in [1.807, 2.05) is 30.3 Å². The molecule has 28 heavy (non-hydrogen) atoms. The predicted molar refractivity (Wildman–Crippen MR) is 103 cm³/mol. The van der Waals surface area contributed by atoms with E-state index in [4.69, 9.17) is 0 Å². The summed E-state index contributed by atoms with van der Waals surface area (Å²) in [4.78, 5) is 38.3. The smallest absolute Gasteiger partial charge is 0.305 e. The van der Waals surface area contributed by atoms with Crippen LogP contribution < -0.4 is 4.90 Å². The molecule has 0 bridgehead atoms. The van der Waals surface area contributed by atoms with Crippen molar-refractivity contribution < 1.29 is 19.6 Å². The van der Waals surface area contributed by atoms with Gasteiger partial charge in [-0.15, -0.1) is 0 Å². The van der Waals surface area contributed by atoms with Gasteiger partial charge in [0.2, 0.25) is 5.91 Å². The Bertz CT molecular complexity index is 900. The zero-order valence-corrected chi connectivity index (χ0v) is 15.4. The van der Waals surface area contributed by atoms with Gasteiger partial charge in [-0.05, 0) is 18.1 Å². The molecule has 0 saturated heterocycles. The highest BCUT2D eigenvalue weighted by Crippen LogP contribution is 2.31. The van der Waals surface area contributed by atoms with E-state index in [1.54, 1.807) is 22.9 Å². The standard InChI is InChI=1S/C20H21N3O5/c1-21-17-8-7-16(23(27)28)11-15(17)13-22(20(26)18(21)12-19(24)25)10-9-14-5-3-2-4-6-14/h2-8,11,18H,9-10,12-13H2,1H3,(H,24,25). The highest BCUT2D eigenvalue weighted by atomic mass is 16.6. The van der Waals surface area contributed by atoms with Crippen LogP contribution in [0.15, 0.2) is 48.5 Å². The maximum atomic E-state index is 13.1. The molecule has 8 heteroatoms. The second-order valence-electron chi connectivity index (χ2n) is 6.79. The number of likely N-dealkylation sites (N-methyl/N-ethyl adjacent to an activating group) is 1. The number of nitro groups is 1. The third-order valence-corrected chi connectivity index (χ3v) is 4.96. The molecule has 1 amide bonds. The van der Waals surface area contributed by atoms with Crippen LogP contribution in [-0.4, -0.2) is 46.4 Å². The number of carbonyl (C=O) groups is 2. The van der Waals surface area contributed by atoms with Gasteiger partial charge in [0, 0.05) is 43.5 Å². The molecule has 1 aliphatic heterocycles. The topological polar surface area (TPSA) is 104 Å². The fourth-order valence-corrected chi connectivity index (χ4v) is 3.47. The monoisotopic (exact) mass is 383 g/mol. The van der Waals surface area contributed by atoms with E-state index >= 15 is 0 Å². The number of hydrogen-bond donors (Lipinski definition) is 1. The van der Waals surface area contributed by atoms with Crippen molar-refractivity contribution >= 4 is 23.3 Å². The molecule has 8 nitrogen and oxygen atoms in total. The first kappa shape index (κ1) is 19.3. The summed E-state index contributed by atoms with van der Waals surface area (Å²) in [6.07, 6.45) is 0.272. The van der Waals surface area contributed by atoms with Crippen LogP contribution in [0, 0.1) is 10.1 Å². The van der Waals surface area contributed by atoms with E-state index in [2.05, 4.69) is 0 Å². The van der Waals surface area contributed by atoms with Crippen LogP contribution in [0.2, 0.25) is 0 Å². The van der Waals surface area contributed by atoms with Gasteiger partial charge in [0.25, 0.3) is 5.69 Å². The summed E-state index contributed by atoms with van der Waals surface area (Å²) >= 11 is 0. The van der Waals surface area contributed by atoms with Crippen LogP contribution in [0.5, 0.6) is 0 Å². The van der Waals surface area contributed by atoms with Crippen LogP contribution in [-0.2, 0) is 22.6 Å². The number of benzene rings is 2. The normalized spacial score (nSPS) is 16.5. The lowest BCUT2D eigenvalue weighted by molar-refractivity contribution is -0.384. The average Bonchev–Trinajstić information content (AvgIpc) is 2.77. The summed E-state index contributed by atoms with van der Waals surface area (Å²) in [6, 6.07) is 13.2. The van der Waals surface area contributed by atoms with Gasteiger partial charge in [0.1, 0.15) is 6.04 Å². The minimum absolute atomic E-state index is 0.0562. The molecular formula is C20H21N3O5. The van der Waals surface area contributed by atoms with Gasteiger partial charge < -0.3 is 14.9 Å².